The molecular weight excluding hydrogens is 241 g/mol. The van der Waals surface area contributed by atoms with Crippen molar-refractivity contribution in [3.05, 3.63) is 29.8 Å². The second-order valence-electron chi connectivity index (χ2n) is 5.77. The average molecular weight is 259 g/mol. The number of nitrogens with zero attached hydrogens (tertiary/aromatic N) is 2. The van der Waals surface area contributed by atoms with Gasteiger partial charge in [0.2, 0.25) is 0 Å². The predicted octanol–water partition coefficient (Wildman–Crippen LogP) is 2.68. The van der Waals surface area contributed by atoms with Crippen LogP contribution >= 0.6 is 0 Å². The lowest BCUT2D eigenvalue weighted by Gasteiger charge is -2.35. The zero-order chi connectivity index (χ0) is 13.3. The van der Waals surface area contributed by atoms with Crippen LogP contribution in [-0.4, -0.2) is 17.1 Å². The standard InChI is InChI=1S/C15H18FN3/c16-11-1-4-14(18-9-11)15(10-17)7-5-13(6-8-15)19-12-2-3-12/h1,4,9,12-13,19H,2-3,5-8H2. The van der Waals surface area contributed by atoms with Crippen LogP contribution < -0.4 is 5.32 Å². The first-order valence-electron chi connectivity index (χ1n) is 7.01. The summed E-state index contributed by atoms with van der Waals surface area (Å²) in [5.41, 5.74) is 0.205. The summed E-state index contributed by atoms with van der Waals surface area (Å²) in [6.07, 6.45) is 7.42. The largest absolute Gasteiger partial charge is 0.311 e. The van der Waals surface area contributed by atoms with Crippen molar-refractivity contribution < 1.29 is 4.39 Å². The maximum Gasteiger partial charge on any atom is 0.141 e. The van der Waals surface area contributed by atoms with Crippen LogP contribution in [0.1, 0.15) is 44.2 Å². The molecule has 0 radical (unpaired) electrons. The van der Waals surface area contributed by atoms with E-state index in [1.54, 1.807) is 6.07 Å². The highest BCUT2D eigenvalue weighted by molar-refractivity contribution is 5.27. The van der Waals surface area contributed by atoms with Gasteiger partial charge in [0.05, 0.1) is 23.4 Å². The Morgan fingerprint density at radius 3 is 2.42 bits per heavy atom. The molecule has 4 heteroatoms. The van der Waals surface area contributed by atoms with Crippen LogP contribution in [0.3, 0.4) is 0 Å². The summed E-state index contributed by atoms with van der Waals surface area (Å²) < 4.78 is 12.9. The number of rotatable bonds is 3. The normalized spacial score (nSPS) is 30.8. The fraction of sp³-hybridized carbons (Fsp3) is 0.600. The monoisotopic (exact) mass is 259 g/mol. The Labute approximate surface area is 112 Å². The molecule has 0 unspecified atom stereocenters. The molecule has 3 nitrogen and oxygen atoms in total. The van der Waals surface area contributed by atoms with E-state index in [4.69, 9.17) is 0 Å². The predicted molar refractivity (Wildman–Crippen MR) is 69.9 cm³/mol. The molecule has 3 rings (SSSR count). The van der Waals surface area contributed by atoms with Gasteiger partial charge in [0.1, 0.15) is 5.82 Å². The van der Waals surface area contributed by atoms with Crippen LogP contribution in [0, 0.1) is 17.1 Å². The minimum absolute atomic E-state index is 0.346. The van der Waals surface area contributed by atoms with Gasteiger partial charge in [-0.15, -0.1) is 0 Å². The van der Waals surface area contributed by atoms with Crippen molar-refractivity contribution in [2.75, 3.05) is 0 Å². The Bertz CT molecular complexity index is 479. The van der Waals surface area contributed by atoms with Crippen molar-refractivity contribution in [3.63, 3.8) is 0 Å². The van der Waals surface area contributed by atoms with E-state index in [1.807, 2.05) is 0 Å². The molecule has 1 heterocycles. The zero-order valence-electron chi connectivity index (χ0n) is 10.9. The fourth-order valence-electron chi connectivity index (χ4n) is 2.94. The molecule has 0 saturated heterocycles. The van der Waals surface area contributed by atoms with Gasteiger partial charge in [0, 0.05) is 12.1 Å². The zero-order valence-corrected chi connectivity index (χ0v) is 10.9. The summed E-state index contributed by atoms with van der Waals surface area (Å²) in [4.78, 5) is 4.13. The van der Waals surface area contributed by atoms with Crippen molar-refractivity contribution >= 4 is 0 Å². The number of aromatic nitrogens is 1. The van der Waals surface area contributed by atoms with Gasteiger partial charge in [0.15, 0.2) is 0 Å². The summed E-state index contributed by atoms with van der Waals surface area (Å²) in [6.45, 7) is 0. The van der Waals surface area contributed by atoms with E-state index in [0.29, 0.717) is 12.1 Å². The van der Waals surface area contributed by atoms with Gasteiger partial charge in [-0.1, -0.05) is 0 Å². The molecule has 1 aromatic heterocycles. The van der Waals surface area contributed by atoms with Crippen molar-refractivity contribution in [3.8, 4) is 6.07 Å². The molecule has 2 saturated carbocycles. The summed E-state index contributed by atoms with van der Waals surface area (Å²) >= 11 is 0. The Kier molecular flexibility index (Phi) is 3.24. The minimum Gasteiger partial charge on any atom is -0.311 e. The third-order valence-electron chi connectivity index (χ3n) is 4.32. The van der Waals surface area contributed by atoms with Crippen molar-refractivity contribution in [2.45, 2.75) is 56.0 Å². The maximum absolute atomic E-state index is 12.9. The molecule has 2 aliphatic rings. The van der Waals surface area contributed by atoms with Crippen molar-refractivity contribution in [2.24, 2.45) is 0 Å². The lowest BCUT2D eigenvalue weighted by atomic mass is 9.71. The number of nitriles is 1. The first-order chi connectivity index (χ1) is 9.22. The molecule has 1 aromatic rings. The number of hydrogen-bond acceptors (Lipinski definition) is 3. The smallest absolute Gasteiger partial charge is 0.141 e. The van der Waals surface area contributed by atoms with Crippen LogP contribution in [0.5, 0.6) is 0 Å². The quantitative estimate of drug-likeness (QED) is 0.908. The molecule has 0 bridgehead atoms. The highest BCUT2D eigenvalue weighted by Crippen LogP contribution is 2.38. The topological polar surface area (TPSA) is 48.7 Å². The number of nitrogens with one attached hydrogen (secondary N) is 1. The van der Waals surface area contributed by atoms with Crippen LogP contribution in [0.2, 0.25) is 0 Å². The lowest BCUT2D eigenvalue weighted by Crippen LogP contribution is -2.40. The second kappa shape index (κ2) is 4.90. The van der Waals surface area contributed by atoms with E-state index in [9.17, 15) is 9.65 Å². The van der Waals surface area contributed by atoms with E-state index in [1.165, 1.54) is 25.1 Å². The van der Waals surface area contributed by atoms with Crippen LogP contribution in [0.25, 0.3) is 0 Å². The molecule has 0 amide bonds. The van der Waals surface area contributed by atoms with E-state index >= 15 is 0 Å². The lowest BCUT2D eigenvalue weighted by molar-refractivity contribution is 0.289. The van der Waals surface area contributed by atoms with Gasteiger partial charge in [-0.2, -0.15) is 5.26 Å². The van der Waals surface area contributed by atoms with Crippen LogP contribution in [-0.2, 0) is 5.41 Å². The van der Waals surface area contributed by atoms with Gasteiger partial charge >= 0.3 is 0 Å². The van der Waals surface area contributed by atoms with E-state index in [0.717, 1.165) is 31.4 Å². The van der Waals surface area contributed by atoms with Crippen molar-refractivity contribution in [1.29, 1.82) is 5.26 Å². The molecule has 2 aliphatic carbocycles. The molecule has 0 aliphatic heterocycles. The minimum atomic E-state index is -0.518. The molecular formula is C15H18FN3. The van der Waals surface area contributed by atoms with Crippen LogP contribution in [0.4, 0.5) is 4.39 Å². The summed E-state index contributed by atoms with van der Waals surface area (Å²) in [5, 5.41) is 13.2. The summed E-state index contributed by atoms with van der Waals surface area (Å²) in [5.74, 6) is -0.346. The van der Waals surface area contributed by atoms with Gasteiger partial charge in [-0.3, -0.25) is 4.98 Å². The van der Waals surface area contributed by atoms with Crippen molar-refractivity contribution in [1.82, 2.24) is 10.3 Å². The highest BCUT2D eigenvalue weighted by Gasteiger charge is 2.39. The molecule has 1 N–H and O–H groups in total. The SMILES string of the molecule is N#CC1(c2ccc(F)cn2)CCC(NC2CC2)CC1. The number of pyridine rings is 1. The van der Waals surface area contributed by atoms with Gasteiger partial charge in [-0.05, 0) is 50.7 Å². The Morgan fingerprint density at radius 1 is 1.21 bits per heavy atom. The van der Waals surface area contributed by atoms with Gasteiger partial charge in [0.25, 0.3) is 0 Å². The van der Waals surface area contributed by atoms with E-state index in [2.05, 4.69) is 16.4 Å². The van der Waals surface area contributed by atoms with E-state index in [-0.39, 0.29) is 5.82 Å². The molecule has 2 fully saturated rings. The summed E-state index contributed by atoms with van der Waals surface area (Å²) in [6, 6.07) is 6.74. The second-order valence-corrected chi connectivity index (χ2v) is 5.77. The van der Waals surface area contributed by atoms with Gasteiger partial charge in [-0.25, -0.2) is 4.39 Å². The molecule has 100 valence electrons. The summed E-state index contributed by atoms with van der Waals surface area (Å²) in [7, 11) is 0. The fourth-order valence-corrected chi connectivity index (χ4v) is 2.94. The molecule has 0 spiro atoms. The Morgan fingerprint density at radius 2 is 1.89 bits per heavy atom. The first-order valence-corrected chi connectivity index (χ1v) is 7.01. The highest BCUT2D eigenvalue weighted by atomic mass is 19.1. The Balaban J connectivity index is 1.71. The Hall–Kier alpha value is -1.47. The van der Waals surface area contributed by atoms with E-state index < -0.39 is 5.41 Å². The molecule has 0 atom stereocenters. The maximum atomic E-state index is 12.9. The molecule has 0 aromatic carbocycles. The number of halogens is 1. The average Bonchev–Trinajstić information content (AvgIpc) is 3.25. The van der Waals surface area contributed by atoms with Crippen LogP contribution in [0.15, 0.2) is 18.3 Å². The third-order valence-corrected chi connectivity index (χ3v) is 4.32. The third kappa shape index (κ3) is 2.62. The van der Waals surface area contributed by atoms with Gasteiger partial charge < -0.3 is 5.32 Å². The first kappa shape index (κ1) is 12.6. The molecule has 19 heavy (non-hydrogen) atoms. The number of hydrogen-bond donors (Lipinski definition) is 1.